The van der Waals surface area contributed by atoms with E-state index in [0.717, 1.165) is 18.0 Å². The summed E-state index contributed by atoms with van der Waals surface area (Å²) in [6.07, 6.45) is 0. The molecule has 0 aliphatic carbocycles. The highest BCUT2D eigenvalue weighted by Gasteiger charge is 1.99. The Bertz CT molecular complexity index is 230. The molecule has 0 spiro atoms. The minimum absolute atomic E-state index is 0.661. The van der Waals surface area contributed by atoms with E-state index in [9.17, 15) is 0 Å². The van der Waals surface area contributed by atoms with Crippen LogP contribution in [0.2, 0.25) is 0 Å². The minimum atomic E-state index is 0.661. The van der Waals surface area contributed by atoms with E-state index in [0.29, 0.717) is 6.61 Å². The first-order valence-electron chi connectivity index (χ1n) is 3.81. The Morgan fingerprint density at radius 3 is 2.82 bits per heavy atom. The van der Waals surface area contributed by atoms with E-state index in [-0.39, 0.29) is 0 Å². The fourth-order valence-corrected chi connectivity index (χ4v) is 1.01. The van der Waals surface area contributed by atoms with E-state index in [1.54, 1.807) is 0 Å². The molecule has 0 radical (unpaired) electrons. The molecule has 1 aromatic rings. The van der Waals surface area contributed by atoms with Crippen LogP contribution >= 0.6 is 0 Å². The van der Waals surface area contributed by atoms with Gasteiger partial charge < -0.3 is 4.74 Å². The molecular weight excluding hydrogens is 140 g/mol. The van der Waals surface area contributed by atoms with E-state index < -0.39 is 0 Å². The zero-order valence-electron chi connectivity index (χ0n) is 7.29. The molecule has 1 aromatic heterocycles. The molecule has 0 atom stereocenters. The van der Waals surface area contributed by atoms with Gasteiger partial charge in [-0.1, -0.05) is 0 Å². The number of rotatable bonds is 3. The lowest BCUT2D eigenvalue weighted by Crippen LogP contribution is -2.00. The third-order valence-corrected chi connectivity index (χ3v) is 1.55. The summed E-state index contributed by atoms with van der Waals surface area (Å²) in [5.74, 6) is 0. The Morgan fingerprint density at radius 1 is 1.64 bits per heavy atom. The molecule has 1 heterocycles. The Hall–Kier alpha value is -0.830. The lowest BCUT2D eigenvalue weighted by atomic mass is 10.4. The van der Waals surface area contributed by atoms with Crippen LogP contribution in [0.25, 0.3) is 0 Å². The zero-order chi connectivity index (χ0) is 8.27. The molecule has 0 aromatic carbocycles. The average molecular weight is 154 g/mol. The molecule has 0 saturated heterocycles. The van der Waals surface area contributed by atoms with Crippen molar-refractivity contribution in [3.63, 3.8) is 0 Å². The van der Waals surface area contributed by atoms with Crippen LogP contribution in [-0.4, -0.2) is 16.4 Å². The molecule has 11 heavy (non-hydrogen) atoms. The van der Waals surface area contributed by atoms with Gasteiger partial charge in [-0.3, -0.25) is 4.68 Å². The summed E-state index contributed by atoms with van der Waals surface area (Å²) in [7, 11) is 1.93. The Morgan fingerprint density at radius 2 is 2.36 bits per heavy atom. The number of aryl methyl sites for hydroxylation is 2. The third-order valence-electron chi connectivity index (χ3n) is 1.55. The second-order valence-corrected chi connectivity index (χ2v) is 2.54. The summed E-state index contributed by atoms with van der Waals surface area (Å²) in [6, 6.07) is 2.04. The van der Waals surface area contributed by atoms with Crippen LogP contribution in [0.5, 0.6) is 0 Å². The molecule has 0 bridgehead atoms. The average Bonchev–Trinajstić information content (AvgIpc) is 2.26. The van der Waals surface area contributed by atoms with Crippen molar-refractivity contribution in [2.75, 3.05) is 6.61 Å². The summed E-state index contributed by atoms with van der Waals surface area (Å²) in [5, 5.41) is 4.20. The Kier molecular flexibility index (Phi) is 2.65. The van der Waals surface area contributed by atoms with E-state index in [1.807, 2.05) is 31.6 Å². The van der Waals surface area contributed by atoms with E-state index in [4.69, 9.17) is 4.74 Å². The van der Waals surface area contributed by atoms with Gasteiger partial charge in [0.25, 0.3) is 0 Å². The van der Waals surface area contributed by atoms with Gasteiger partial charge in [0.2, 0.25) is 0 Å². The summed E-state index contributed by atoms with van der Waals surface area (Å²) in [4.78, 5) is 0. The number of ether oxygens (including phenoxy) is 1. The fourth-order valence-electron chi connectivity index (χ4n) is 1.01. The number of nitrogens with zero attached hydrogens (tertiary/aromatic N) is 2. The van der Waals surface area contributed by atoms with Crippen molar-refractivity contribution in [1.29, 1.82) is 0 Å². The lowest BCUT2D eigenvalue weighted by Gasteiger charge is -1.99. The van der Waals surface area contributed by atoms with Gasteiger partial charge in [0.05, 0.1) is 18.0 Å². The zero-order valence-corrected chi connectivity index (χ0v) is 7.29. The largest absolute Gasteiger partial charge is 0.375 e. The number of hydrogen-bond donors (Lipinski definition) is 0. The molecule has 0 aliphatic rings. The lowest BCUT2D eigenvalue weighted by molar-refractivity contribution is 0.128. The standard InChI is InChI=1S/C8H14N2O/c1-4-11-6-8-5-7(2)9-10(8)3/h5H,4,6H2,1-3H3. The second-order valence-electron chi connectivity index (χ2n) is 2.54. The van der Waals surface area contributed by atoms with Crippen molar-refractivity contribution in [3.8, 4) is 0 Å². The van der Waals surface area contributed by atoms with E-state index in [2.05, 4.69) is 5.10 Å². The van der Waals surface area contributed by atoms with Gasteiger partial charge in [-0.2, -0.15) is 5.10 Å². The van der Waals surface area contributed by atoms with Gasteiger partial charge in [0.15, 0.2) is 0 Å². The first kappa shape index (κ1) is 8.27. The van der Waals surface area contributed by atoms with Crippen LogP contribution in [0, 0.1) is 6.92 Å². The van der Waals surface area contributed by atoms with Crippen LogP contribution in [0.15, 0.2) is 6.07 Å². The summed E-state index contributed by atoms with van der Waals surface area (Å²) in [5.41, 5.74) is 2.17. The topological polar surface area (TPSA) is 27.1 Å². The van der Waals surface area contributed by atoms with Crippen molar-refractivity contribution in [2.45, 2.75) is 20.5 Å². The summed E-state index contributed by atoms with van der Waals surface area (Å²) in [6.45, 7) is 5.39. The van der Waals surface area contributed by atoms with Crippen molar-refractivity contribution >= 4 is 0 Å². The quantitative estimate of drug-likeness (QED) is 0.655. The highest BCUT2D eigenvalue weighted by atomic mass is 16.5. The van der Waals surface area contributed by atoms with E-state index in [1.165, 1.54) is 0 Å². The Balaban J connectivity index is 2.62. The highest BCUT2D eigenvalue weighted by Crippen LogP contribution is 2.02. The van der Waals surface area contributed by atoms with E-state index >= 15 is 0 Å². The Labute approximate surface area is 67.0 Å². The van der Waals surface area contributed by atoms with Crippen LogP contribution in [0.3, 0.4) is 0 Å². The van der Waals surface area contributed by atoms with Crippen LogP contribution in [0.1, 0.15) is 18.3 Å². The first-order chi connectivity index (χ1) is 5.24. The molecular formula is C8H14N2O. The van der Waals surface area contributed by atoms with Crippen LogP contribution < -0.4 is 0 Å². The van der Waals surface area contributed by atoms with Gasteiger partial charge in [0, 0.05) is 13.7 Å². The predicted molar refractivity (Wildman–Crippen MR) is 43.3 cm³/mol. The molecule has 0 unspecified atom stereocenters. The van der Waals surface area contributed by atoms with Gasteiger partial charge in [-0.05, 0) is 19.9 Å². The van der Waals surface area contributed by atoms with Crippen LogP contribution in [0.4, 0.5) is 0 Å². The molecule has 0 fully saturated rings. The fraction of sp³-hybridized carbons (Fsp3) is 0.625. The maximum atomic E-state index is 5.25. The smallest absolute Gasteiger partial charge is 0.0884 e. The minimum Gasteiger partial charge on any atom is -0.375 e. The molecule has 0 N–H and O–H groups in total. The highest BCUT2D eigenvalue weighted by molar-refractivity contribution is 5.07. The number of aromatic nitrogens is 2. The summed E-state index contributed by atoms with van der Waals surface area (Å²) >= 11 is 0. The molecule has 3 heteroatoms. The maximum Gasteiger partial charge on any atom is 0.0884 e. The number of hydrogen-bond acceptors (Lipinski definition) is 2. The molecule has 1 rings (SSSR count). The molecule has 0 aliphatic heterocycles. The predicted octanol–water partition coefficient (Wildman–Crippen LogP) is 1.27. The van der Waals surface area contributed by atoms with Crippen molar-refractivity contribution in [1.82, 2.24) is 9.78 Å². The van der Waals surface area contributed by atoms with Gasteiger partial charge in [-0.25, -0.2) is 0 Å². The molecule has 0 amide bonds. The molecule has 62 valence electrons. The third kappa shape index (κ3) is 2.05. The normalized spacial score (nSPS) is 10.5. The maximum absolute atomic E-state index is 5.25. The first-order valence-corrected chi connectivity index (χ1v) is 3.81. The van der Waals surface area contributed by atoms with Crippen LogP contribution in [-0.2, 0) is 18.4 Å². The second kappa shape index (κ2) is 3.53. The van der Waals surface area contributed by atoms with Gasteiger partial charge in [-0.15, -0.1) is 0 Å². The molecule has 0 saturated carbocycles. The van der Waals surface area contributed by atoms with Crippen molar-refractivity contribution < 1.29 is 4.74 Å². The van der Waals surface area contributed by atoms with Crippen molar-refractivity contribution in [2.24, 2.45) is 7.05 Å². The summed E-state index contributed by atoms with van der Waals surface area (Å²) < 4.78 is 7.11. The van der Waals surface area contributed by atoms with Gasteiger partial charge in [0.1, 0.15) is 0 Å². The monoisotopic (exact) mass is 154 g/mol. The van der Waals surface area contributed by atoms with Gasteiger partial charge >= 0.3 is 0 Å². The van der Waals surface area contributed by atoms with Crippen molar-refractivity contribution in [3.05, 3.63) is 17.5 Å². The molecule has 3 nitrogen and oxygen atoms in total. The SMILES string of the molecule is CCOCc1cc(C)nn1C.